The Morgan fingerprint density at radius 3 is 2.57 bits per heavy atom. The van der Waals surface area contributed by atoms with Crippen molar-refractivity contribution in [3.8, 4) is 5.75 Å². The van der Waals surface area contributed by atoms with Crippen LogP contribution in [0.2, 0.25) is 0 Å². The second-order valence-electron chi connectivity index (χ2n) is 2.60. The molecule has 1 atom stereocenters. The SMILES string of the molecule is COc1cc(F)c(I)cc1C(O)OC. The summed E-state index contributed by atoms with van der Waals surface area (Å²) < 4.78 is 23.2. The van der Waals surface area contributed by atoms with Crippen molar-refractivity contribution in [3.63, 3.8) is 0 Å². The average molecular weight is 312 g/mol. The van der Waals surface area contributed by atoms with Crippen LogP contribution >= 0.6 is 22.6 Å². The summed E-state index contributed by atoms with van der Waals surface area (Å²) in [5.74, 6) is -0.105. The van der Waals surface area contributed by atoms with Crippen LogP contribution in [0.25, 0.3) is 0 Å². The van der Waals surface area contributed by atoms with Crippen LogP contribution in [0.15, 0.2) is 12.1 Å². The Hall–Kier alpha value is -0.400. The van der Waals surface area contributed by atoms with Gasteiger partial charge in [0.15, 0.2) is 6.29 Å². The molecule has 0 bridgehead atoms. The maximum atomic E-state index is 13.1. The lowest BCUT2D eigenvalue weighted by molar-refractivity contribution is -0.0781. The number of hydrogen-bond acceptors (Lipinski definition) is 3. The lowest BCUT2D eigenvalue weighted by atomic mass is 10.2. The van der Waals surface area contributed by atoms with Crippen LogP contribution in [0, 0.1) is 9.39 Å². The minimum absolute atomic E-state index is 0.275. The maximum absolute atomic E-state index is 13.1. The fourth-order valence-corrected chi connectivity index (χ4v) is 1.53. The summed E-state index contributed by atoms with van der Waals surface area (Å²) in [6.45, 7) is 0. The van der Waals surface area contributed by atoms with Gasteiger partial charge in [0.25, 0.3) is 0 Å². The quantitative estimate of drug-likeness (QED) is 0.686. The van der Waals surface area contributed by atoms with Crippen LogP contribution in [0.4, 0.5) is 4.39 Å². The van der Waals surface area contributed by atoms with Crippen molar-refractivity contribution in [1.82, 2.24) is 0 Å². The predicted octanol–water partition coefficient (Wildman–Crippen LogP) is 2.08. The van der Waals surface area contributed by atoms with Crippen molar-refractivity contribution < 1.29 is 19.0 Å². The van der Waals surface area contributed by atoms with Gasteiger partial charge in [-0.25, -0.2) is 4.39 Å². The molecule has 78 valence electrons. The Bertz CT molecular complexity index is 330. The number of aliphatic hydroxyl groups is 1. The van der Waals surface area contributed by atoms with E-state index >= 15 is 0 Å². The van der Waals surface area contributed by atoms with Crippen LogP contribution in [-0.2, 0) is 4.74 Å². The van der Waals surface area contributed by atoms with Crippen LogP contribution in [0.3, 0.4) is 0 Å². The second-order valence-corrected chi connectivity index (χ2v) is 3.76. The highest BCUT2D eigenvalue weighted by atomic mass is 127. The van der Waals surface area contributed by atoms with E-state index in [2.05, 4.69) is 0 Å². The predicted molar refractivity (Wildman–Crippen MR) is 57.6 cm³/mol. The van der Waals surface area contributed by atoms with Crippen molar-refractivity contribution in [2.45, 2.75) is 6.29 Å². The van der Waals surface area contributed by atoms with Gasteiger partial charge in [0.05, 0.1) is 12.7 Å². The van der Waals surface area contributed by atoms with E-state index in [0.29, 0.717) is 9.13 Å². The number of rotatable bonds is 3. The lowest BCUT2D eigenvalue weighted by Gasteiger charge is -2.13. The van der Waals surface area contributed by atoms with Gasteiger partial charge in [0.2, 0.25) is 0 Å². The second kappa shape index (κ2) is 4.90. The molecule has 1 N–H and O–H groups in total. The highest BCUT2D eigenvalue weighted by Gasteiger charge is 2.15. The van der Waals surface area contributed by atoms with Gasteiger partial charge >= 0.3 is 0 Å². The first-order valence-electron chi connectivity index (χ1n) is 3.84. The summed E-state index contributed by atoms with van der Waals surface area (Å²) in [6, 6.07) is 2.71. The highest BCUT2D eigenvalue weighted by molar-refractivity contribution is 14.1. The van der Waals surface area contributed by atoms with E-state index in [-0.39, 0.29) is 11.6 Å². The molecule has 1 aromatic carbocycles. The molecule has 0 aliphatic rings. The highest BCUT2D eigenvalue weighted by Crippen LogP contribution is 2.29. The first kappa shape index (κ1) is 11.7. The molecule has 0 spiro atoms. The summed E-state index contributed by atoms with van der Waals surface area (Å²) in [4.78, 5) is 0. The molecule has 14 heavy (non-hydrogen) atoms. The standard InChI is InChI=1S/C9H10FIO3/c1-13-8-4-6(10)7(11)3-5(8)9(12)14-2/h3-4,9,12H,1-2H3. The molecule has 0 heterocycles. The normalized spacial score (nSPS) is 12.6. The van der Waals surface area contributed by atoms with Gasteiger partial charge in [0.1, 0.15) is 11.6 Å². The Morgan fingerprint density at radius 1 is 1.43 bits per heavy atom. The Labute approximate surface area is 95.0 Å². The fourth-order valence-electron chi connectivity index (χ4n) is 1.04. The largest absolute Gasteiger partial charge is 0.496 e. The molecule has 0 aromatic heterocycles. The molecular weight excluding hydrogens is 302 g/mol. The van der Waals surface area contributed by atoms with Crippen LogP contribution in [0.5, 0.6) is 5.75 Å². The molecule has 1 aromatic rings. The number of ether oxygens (including phenoxy) is 2. The minimum Gasteiger partial charge on any atom is -0.496 e. The summed E-state index contributed by atoms with van der Waals surface area (Å²) in [5.41, 5.74) is 0.417. The molecule has 0 amide bonds. The molecule has 0 saturated heterocycles. The van der Waals surface area contributed by atoms with E-state index < -0.39 is 6.29 Å². The van der Waals surface area contributed by atoms with Crippen molar-refractivity contribution >= 4 is 22.6 Å². The molecule has 0 saturated carbocycles. The summed E-state index contributed by atoms with van der Waals surface area (Å²) >= 11 is 1.84. The molecule has 0 aliphatic heterocycles. The van der Waals surface area contributed by atoms with E-state index in [1.165, 1.54) is 26.4 Å². The Morgan fingerprint density at radius 2 is 2.07 bits per heavy atom. The number of aliphatic hydroxyl groups excluding tert-OH is 1. The molecule has 0 aliphatic carbocycles. The minimum atomic E-state index is -1.10. The molecule has 0 fully saturated rings. The number of halogens is 2. The van der Waals surface area contributed by atoms with Crippen LogP contribution < -0.4 is 4.74 Å². The smallest absolute Gasteiger partial charge is 0.184 e. The van der Waals surface area contributed by atoms with E-state index in [1.54, 1.807) is 0 Å². The zero-order chi connectivity index (χ0) is 10.7. The van der Waals surface area contributed by atoms with E-state index in [0.717, 1.165) is 0 Å². The first-order chi connectivity index (χ1) is 6.60. The summed E-state index contributed by atoms with van der Waals surface area (Å²) in [5, 5.41) is 9.43. The van der Waals surface area contributed by atoms with Gasteiger partial charge in [-0.1, -0.05) is 0 Å². The van der Waals surface area contributed by atoms with Gasteiger partial charge in [-0.2, -0.15) is 0 Å². The summed E-state index contributed by atoms with van der Waals surface area (Å²) in [6.07, 6.45) is -1.10. The van der Waals surface area contributed by atoms with E-state index in [9.17, 15) is 9.50 Å². The summed E-state index contributed by atoms with van der Waals surface area (Å²) in [7, 11) is 2.77. The van der Waals surface area contributed by atoms with E-state index in [4.69, 9.17) is 9.47 Å². The third kappa shape index (κ3) is 2.34. The molecule has 3 nitrogen and oxygen atoms in total. The third-order valence-electron chi connectivity index (χ3n) is 1.76. The van der Waals surface area contributed by atoms with Crippen LogP contribution in [0.1, 0.15) is 11.9 Å². The third-order valence-corrected chi connectivity index (χ3v) is 2.59. The maximum Gasteiger partial charge on any atom is 0.184 e. The zero-order valence-corrected chi connectivity index (χ0v) is 9.91. The lowest BCUT2D eigenvalue weighted by Crippen LogP contribution is -2.04. The molecular formula is C9H10FIO3. The zero-order valence-electron chi connectivity index (χ0n) is 7.75. The molecule has 1 rings (SSSR count). The van der Waals surface area contributed by atoms with Crippen molar-refractivity contribution in [1.29, 1.82) is 0 Å². The fraction of sp³-hybridized carbons (Fsp3) is 0.333. The van der Waals surface area contributed by atoms with E-state index in [1.807, 2.05) is 22.6 Å². The topological polar surface area (TPSA) is 38.7 Å². The van der Waals surface area contributed by atoms with Crippen molar-refractivity contribution in [2.24, 2.45) is 0 Å². The monoisotopic (exact) mass is 312 g/mol. The molecule has 5 heteroatoms. The molecule has 1 unspecified atom stereocenters. The Kier molecular flexibility index (Phi) is 4.09. The van der Waals surface area contributed by atoms with Crippen LogP contribution in [-0.4, -0.2) is 19.3 Å². The number of methoxy groups -OCH3 is 2. The Balaban J connectivity index is 3.19. The van der Waals surface area contributed by atoms with Gasteiger partial charge in [-0.15, -0.1) is 0 Å². The average Bonchev–Trinajstić information content (AvgIpc) is 2.20. The first-order valence-corrected chi connectivity index (χ1v) is 4.91. The number of benzene rings is 1. The van der Waals surface area contributed by atoms with Gasteiger partial charge in [-0.3, -0.25) is 0 Å². The number of hydrogen-bond donors (Lipinski definition) is 1. The van der Waals surface area contributed by atoms with Gasteiger partial charge < -0.3 is 14.6 Å². The van der Waals surface area contributed by atoms with Gasteiger partial charge in [-0.05, 0) is 28.7 Å². The molecule has 0 radical (unpaired) electrons. The van der Waals surface area contributed by atoms with Crippen molar-refractivity contribution in [2.75, 3.05) is 14.2 Å². The van der Waals surface area contributed by atoms with Crippen molar-refractivity contribution in [3.05, 3.63) is 27.1 Å². The van der Waals surface area contributed by atoms with Gasteiger partial charge in [0, 0.05) is 16.7 Å².